The summed E-state index contributed by atoms with van der Waals surface area (Å²) in [4.78, 5) is 47.1. The van der Waals surface area contributed by atoms with E-state index in [9.17, 15) is 14.4 Å². The van der Waals surface area contributed by atoms with Crippen LogP contribution in [0.15, 0.2) is 107 Å². The number of nitrogen functional groups attached to an aromatic ring is 1. The van der Waals surface area contributed by atoms with Crippen LogP contribution in [-0.4, -0.2) is 75.2 Å². The maximum atomic E-state index is 12.5. The van der Waals surface area contributed by atoms with Crippen LogP contribution in [0.2, 0.25) is 0 Å². The lowest BCUT2D eigenvalue weighted by Crippen LogP contribution is -2.36. The average Bonchev–Trinajstić information content (AvgIpc) is 3.30. The standard InChI is InChI=1S/C27H28N2O5.C22H21N3O3/c1-2-33-26(31)10-9-18-5-4-8-24-22(18)15-19-6-3-7-21(27(19)34-24)23-16-20(17-25(30)28-23)29-11-13-32-14-12-29;23-18-5-2-6-20-17(18)11-14-3-1-4-16(22(14)28-20)19-12-15(13-21(26)24-19)25-7-9-27-10-8-25/h3-8,16-17H,2,9-15H2,1H3,(H,28,30);1-6,12-13H,7-11,23H2,(H,24,26). The predicted molar refractivity (Wildman–Crippen MR) is 239 cm³/mol. The van der Waals surface area contributed by atoms with Crippen LogP contribution in [-0.2, 0) is 38.3 Å². The van der Waals surface area contributed by atoms with E-state index in [0.717, 1.165) is 117 Å². The molecule has 6 aromatic rings. The Kier molecular flexibility index (Phi) is 11.8. The fourth-order valence-electron chi connectivity index (χ4n) is 8.55. The topological polar surface area (TPSA) is 161 Å². The number of nitrogens with one attached hydrogen (secondary N) is 2. The molecule has 10 rings (SSSR count). The van der Waals surface area contributed by atoms with Crippen LogP contribution in [0.1, 0.15) is 41.2 Å². The number of anilines is 3. The number of nitrogens with zero attached hydrogens (tertiary/aromatic N) is 2. The number of ether oxygens (including phenoxy) is 5. The molecule has 6 heterocycles. The number of nitrogens with two attached hydrogens (primary N) is 1. The van der Waals surface area contributed by atoms with Crippen molar-refractivity contribution < 1.29 is 28.5 Å². The molecule has 0 saturated carbocycles. The van der Waals surface area contributed by atoms with E-state index in [2.05, 4.69) is 19.8 Å². The number of carbonyl (C=O) groups is 1. The highest BCUT2D eigenvalue weighted by molar-refractivity contribution is 5.76. The third-order valence-corrected chi connectivity index (χ3v) is 11.6. The molecule has 0 spiro atoms. The molecule has 2 saturated heterocycles. The molecular formula is C49H49N5O8. The van der Waals surface area contributed by atoms with Crippen molar-refractivity contribution >= 4 is 23.0 Å². The number of hydrogen-bond donors (Lipinski definition) is 3. The Morgan fingerprint density at radius 3 is 1.71 bits per heavy atom. The highest BCUT2D eigenvalue weighted by atomic mass is 16.5. The normalized spacial score (nSPS) is 15.0. The molecule has 0 atom stereocenters. The van der Waals surface area contributed by atoms with Gasteiger partial charge < -0.3 is 49.2 Å². The van der Waals surface area contributed by atoms with Gasteiger partial charge in [-0.25, -0.2) is 0 Å². The van der Waals surface area contributed by atoms with E-state index in [0.29, 0.717) is 58.7 Å². The second-order valence-corrected chi connectivity index (χ2v) is 15.6. The van der Waals surface area contributed by atoms with Crippen molar-refractivity contribution in [3.63, 3.8) is 0 Å². The number of fused-ring (bicyclic) bond motifs is 4. The summed E-state index contributed by atoms with van der Waals surface area (Å²) in [7, 11) is 0. The van der Waals surface area contributed by atoms with Crippen LogP contribution in [0, 0.1) is 0 Å². The number of esters is 1. The Balaban J connectivity index is 0.000000161. The highest BCUT2D eigenvalue weighted by Gasteiger charge is 2.26. The first-order chi connectivity index (χ1) is 30.3. The molecule has 4 N–H and O–H groups in total. The molecule has 2 fully saturated rings. The van der Waals surface area contributed by atoms with Gasteiger partial charge in [0.1, 0.15) is 23.0 Å². The fourth-order valence-corrected chi connectivity index (χ4v) is 8.55. The number of hydrogen-bond acceptors (Lipinski definition) is 11. The predicted octanol–water partition coefficient (Wildman–Crippen LogP) is 7.23. The number of morpholine rings is 2. The van der Waals surface area contributed by atoms with Crippen molar-refractivity contribution in [3.05, 3.63) is 146 Å². The molecule has 0 radical (unpaired) electrons. The monoisotopic (exact) mass is 835 g/mol. The number of rotatable bonds is 8. The van der Waals surface area contributed by atoms with Crippen molar-refractivity contribution in [2.45, 2.75) is 32.6 Å². The highest BCUT2D eigenvalue weighted by Crippen LogP contribution is 2.45. The minimum atomic E-state index is -0.191. The van der Waals surface area contributed by atoms with Gasteiger partial charge in [0.2, 0.25) is 11.1 Å². The van der Waals surface area contributed by atoms with E-state index in [-0.39, 0.29) is 17.1 Å². The Hall–Kier alpha value is -6.83. The van der Waals surface area contributed by atoms with Gasteiger partial charge in [-0.1, -0.05) is 42.5 Å². The van der Waals surface area contributed by atoms with Crippen LogP contribution in [0.4, 0.5) is 17.1 Å². The van der Waals surface area contributed by atoms with Crippen molar-refractivity contribution in [1.82, 2.24) is 9.97 Å². The molecule has 0 bridgehead atoms. The summed E-state index contributed by atoms with van der Waals surface area (Å²) in [6, 6.07) is 31.0. The molecule has 13 heteroatoms. The Labute approximate surface area is 359 Å². The summed E-state index contributed by atoms with van der Waals surface area (Å²) < 4.78 is 28.6. The maximum absolute atomic E-state index is 12.5. The second-order valence-electron chi connectivity index (χ2n) is 15.6. The third-order valence-electron chi connectivity index (χ3n) is 11.6. The summed E-state index contributed by atoms with van der Waals surface area (Å²) in [5.74, 6) is 2.89. The number of aromatic amines is 2. The molecule has 318 valence electrons. The van der Waals surface area contributed by atoms with E-state index < -0.39 is 0 Å². The van der Waals surface area contributed by atoms with Crippen LogP contribution in [0.25, 0.3) is 22.5 Å². The first-order valence-corrected chi connectivity index (χ1v) is 21.2. The van der Waals surface area contributed by atoms with Crippen molar-refractivity contribution in [2.24, 2.45) is 0 Å². The van der Waals surface area contributed by atoms with E-state index in [1.54, 1.807) is 12.1 Å². The number of para-hydroxylation sites is 2. The second kappa shape index (κ2) is 18.0. The summed E-state index contributed by atoms with van der Waals surface area (Å²) in [5, 5.41) is 0. The zero-order valence-corrected chi connectivity index (χ0v) is 34.7. The van der Waals surface area contributed by atoms with Gasteiger partial charge in [-0.05, 0) is 61.4 Å². The van der Waals surface area contributed by atoms with E-state index in [1.807, 2.05) is 91.9 Å². The summed E-state index contributed by atoms with van der Waals surface area (Å²) in [6.45, 7) is 7.92. The number of pyridine rings is 2. The maximum Gasteiger partial charge on any atom is 0.306 e. The van der Waals surface area contributed by atoms with Crippen LogP contribution in [0.5, 0.6) is 23.0 Å². The molecule has 62 heavy (non-hydrogen) atoms. The van der Waals surface area contributed by atoms with Gasteiger partial charge in [-0.2, -0.15) is 0 Å². The Morgan fingerprint density at radius 1 is 0.661 bits per heavy atom. The lowest BCUT2D eigenvalue weighted by Gasteiger charge is -2.29. The quantitative estimate of drug-likeness (QED) is 0.105. The molecule has 0 unspecified atom stereocenters. The van der Waals surface area contributed by atoms with E-state index in [1.165, 1.54) is 0 Å². The van der Waals surface area contributed by atoms with Crippen molar-refractivity contribution in [2.75, 3.05) is 74.7 Å². The number of aromatic nitrogens is 2. The first-order valence-electron chi connectivity index (χ1n) is 21.2. The molecule has 13 nitrogen and oxygen atoms in total. The zero-order chi connectivity index (χ0) is 42.6. The van der Waals surface area contributed by atoms with Gasteiger partial charge in [-0.15, -0.1) is 0 Å². The molecule has 4 aromatic carbocycles. The van der Waals surface area contributed by atoms with Gasteiger partial charge in [0.25, 0.3) is 0 Å². The molecule has 4 aliphatic heterocycles. The molecular weight excluding hydrogens is 787 g/mol. The molecule has 0 aliphatic carbocycles. The molecule has 2 aromatic heterocycles. The zero-order valence-electron chi connectivity index (χ0n) is 34.7. The number of benzene rings is 4. The summed E-state index contributed by atoms with van der Waals surface area (Å²) in [6.07, 6.45) is 2.35. The van der Waals surface area contributed by atoms with Gasteiger partial charge in [0.05, 0.1) is 44.4 Å². The van der Waals surface area contributed by atoms with Gasteiger partial charge >= 0.3 is 5.97 Å². The van der Waals surface area contributed by atoms with Crippen LogP contribution >= 0.6 is 0 Å². The minimum Gasteiger partial charge on any atom is -0.466 e. The van der Waals surface area contributed by atoms with Gasteiger partial charge in [0, 0.05) is 108 Å². The van der Waals surface area contributed by atoms with Crippen molar-refractivity contribution in [3.8, 4) is 45.5 Å². The molecule has 0 amide bonds. The lowest BCUT2D eigenvalue weighted by atomic mass is 9.92. The molecule has 4 aliphatic rings. The van der Waals surface area contributed by atoms with Crippen molar-refractivity contribution in [1.29, 1.82) is 0 Å². The minimum absolute atomic E-state index is 0.128. The van der Waals surface area contributed by atoms with E-state index >= 15 is 0 Å². The van der Waals surface area contributed by atoms with Gasteiger partial charge in [-0.3, -0.25) is 14.4 Å². The number of aryl methyl sites for hydroxylation is 1. The van der Waals surface area contributed by atoms with Gasteiger partial charge in [0.15, 0.2) is 0 Å². The summed E-state index contributed by atoms with van der Waals surface area (Å²) in [5.41, 5.74) is 16.9. The van der Waals surface area contributed by atoms with E-state index in [4.69, 9.17) is 29.4 Å². The first kappa shape index (κ1) is 40.6. The summed E-state index contributed by atoms with van der Waals surface area (Å²) >= 11 is 0. The Morgan fingerprint density at radius 2 is 1.16 bits per heavy atom. The lowest BCUT2D eigenvalue weighted by molar-refractivity contribution is -0.143. The Bertz CT molecular complexity index is 2730. The third kappa shape index (κ3) is 8.67. The fraction of sp³-hybridized carbons (Fsp3) is 0.286. The van der Waals surface area contributed by atoms with Crippen LogP contribution < -0.4 is 36.1 Å². The number of carbonyl (C=O) groups excluding carboxylic acids is 1. The number of H-pyrrole nitrogens is 2. The smallest absolute Gasteiger partial charge is 0.306 e. The largest absolute Gasteiger partial charge is 0.466 e. The van der Waals surface area contributed by atoms with Crippen LogP contribution in [0.3, 0.4) is 0 Å². The average molecular weight is 836 g/mol. The SMILES string of the molecule is CCOC(=O)CCc1cccc2c1Cc1cccc(-c3cc(N4CCOCC4)cc(=O)[nH]3)c1O2.Nc1cccc2c1Cc1cccc(-c3cc(N4CCOCC4)cc(=O)[nH]3)c1O2.